The minimum absolute atomic E-state index is 0.000625. The second-order valence-corrected chi connectivity index (χ2v) is 6.23. The molecule has 0 unspecified atom stereocenters. The Kier molecular flexibility index (Phi) is 1.60. The molecule has 4 bridgehead atoms. The molecule has 0 aromatic rings. The Hall–Kier alpha value is -1.17. The predicted molar refractivity (Wildman–Crippen MR) is 56.2 cm³/mol. The van der Waals surface area contributed by atoms with E-state index in [1.807, 2.05) is 13.8 Å². The van der Waals surface area contributed by atoms with Crippen LogP contribution in [0, 0.1) is 39.9 Å². The minimum Gasteiger partial charge on any atom is -0.299 e. The van der Waals surface area contributed by atoms with Crippen LogP contribution in [-0.2, 0) is 9.59 Å². The van der Waals surface area contributed by atoms with Gasteiger partial charge in [-0.1, -0.05) is 13.8 Å². The lowest BCUT2D eigenvalue weighted by molar-refractivity contribution is -0.157. The molecule has 4 rings (SSSR count). The van der Waals surface area contributed by atoms with Gasteiger partial charge in [-0.15, -0.1) is 0 Å². The third-order valence-corrected chi connectivity index (χ3v) is 5.13. The highest BCUT2D eigenvalue weighted by atomic mass is 16.1. The summed E-state index contributed by atoms with van der Waals surface area (Å²) in [6.45, 7) is 3.84. The lowest BCUT2D eigenvalue weighted by atomic mass is 9.47. The first-order valence-electron chi connectivity index (χ1n) is 5.90. The van der Waals surface area contributed by atoms with Crippen molar-refractivity contribution in [1.29, 1.82) is 5.26 Å². The Morgan fingerprint density at radius 2 is 2.00 bits per heavy atom. The van der Waals surface area contributed by atoms with Crippen LogP contribution >= 0.6 is 0 Å². The monoisotopic (exact) mass is 217 g/mol. The van der Waals surface area contributed by atoms with Gasteiger partial charge in [0.05, 0.1) is 12.0 Å². The van der Waals surface area contributed by atoms with Crippen molar-refractivity contribution in [2.24, 2.45) is 28.6 Å². The molecule has 0 saturated heterocycles. The zero-order valence-corrected chi connectivity index (χ0v) is 9.62. The van der Waals surface area contributed by atoms with Gasteiger partial charge in [0.25, 0.3) is 0 Å². The van der Waals surface area contributed by atoms with Gasteiger partial charge in [-0.2, -0.15) is 5.26 Å². The summed E-state index contributed by atoms with van der Waals surface area (Å²) in [4.78, 5) is 24.4. The average molecular weight is 217 g/mol. The highest BCUT2D eigenvalue weighted by Crippen LogP contribution is 2.66. The van der Waals surface area contributed by atoms with E-state index in [2.05, 4.69) is 6.07 Å². The third kappa shape index (κ3) is 0.855. The Morgan fingerprint density at radius 3 is 2.62 bits per heavy atom. The molecule has 0 aromatic heterocycles. The fraction of sp³-hybridized carbons (Fsp3) is 0.769. The van der Waals surface area contributed by atoms with Crippen molar-refractivity contribution in [3.8, 4) is 6.07 Å². The van der Waals surface area contributed by atoms with E-state index in [0.29, 0.717) is 19.3 Å². The fourth-order valence-corrected chi connectivity index (χ4v) is 4.63. The first-order chi connectivity index (χ1) is 7.42. The van der Waals surface area contributed by atoms with Gasteiger partial charge in [-0.3, -0.25) is 9.59 Å². The van der Waals surface area contributed by atoms with E-state index in [1.54, 1.807) is 0 Å². The van der Waals surface area contributed by atoms with Crippen LogP contribution in [0.3, 0.4) is 0 Å². The summed E-state index contributed by atoms with van der Waals surface area (Å²) >= 11 is 0. The van der Waals surface area contributed by atoms with Crippen molar-refractivity contribution >= 4 is 11.6 Å². The van der Waals surface area contributed by atoms with Crippen LogP contribution in [0.25, 0.3) is 0 Å². The fourth-order valence-electron chi connectivity index (χ4n) is 4.63. The molecule has 4 saturated carbocycles. The second kappa shape index (κ2) is 2.56. The predicted octanol–water partition coefficient (Wildman–Crippen LogP) is 1.72. The van der Waals surface area contributed by atoms with Crippen molar-refractivity contribution in [3.05, 3.63) is 0 Å². The van der Waals surface area contributed by atoms with Gasteiger partial charge in [-0.05, 0) is 18.8 Å². The van der Waals surface area contributed by atoms with Crippen LogP contribution < -0.4 is 0 Å². The molecule has 0 radical (unpaired) electrons. The molecular weight excluding hydrogens is 202 g/mol. The first-order valence-corrected chi connectivity index (χ1v) is 5.90. The largest absolute Gasteiger partial charge is 0.299 e. The molecule has 0 aliphatic heterocycles. The van der Waals surface area contributed by atoms with Crippen molar-refractivity contribution < 1.29 is 9.59 Å². The number of rotatable bonds is 0. The third-order valence-electron chi connectivity index (χ3n) is 5.13. The molecule has 0 N–H and O–H groups in total. The van der Waals surface area contributed by atoms with Gasteiger partial charge < -0.3 is 0 Å². The molecule has 0 amide bonds. The lowest BCUT2D eigenvalue weighted by Gasteiger charge is -2.53. The normalized spacial score (nSPS) is 54.2. The summed E-state index contributed by atoms with van der Waals surface area (Å²) in [6, 6.07) is 2.32. The summed E-state index contributed by atoms with van der Waals surface area (Å²) in [7, 11) is 0. The first kappa shape index (κ1) is 10.0. The number of fused-ring (bicyclic) bond motifs is 1. The Balaban J connectivity index is 2.19. The van der Waals surface area contributed by atoms with Gasteiger partial charge in [0, 0.05) is 23.2 Å². The molecule has 4 fully saturated rings. The van der Waals surface area contributed by atoms with Gasteiger partial charge >= 0.3 is 0 Å². The van der Waals surface area contributed by atoms with E-state index in [4.69, 9.17) is 0 Å². The SMILES string of the molecule is C[C@]12C[C@@H]3C(=O)C[C@@](C)(C1=O)[C@@H]3[C@@H](C#N)C2. The lowest BCUT2D eigenvalue weighted by Crippen LogP contribution is -2.57. The van der Waals surface area contributed by atoms with Crippen molar-refractivity contribution in [3.63, 3.8) is 0 Å². The van der Waals surface area contributed by atoms with Gasteiger partial charge in [0.1, 0.15) is 11.6 Å². The van der Waals surface area contributed by atoms with Crippen molar-refractivity contribution in [2.75, 3.05) is 0 Å². The van der Waals surface area contributed by atoms with Crippen LogP contribution in [0.15, 0.2) is 0 Å². The van der Waals surface area contributed by atoms with Crippen molar-refractivity contribution in [2.45, 2.75) is 33.1 Å². The Bertz CT molecular complexity index is 449. The van der Waals surface area contributed by atoms with E-state index < -0.39 is 10.8 Å². The highest BCUT2D eigenvalue weighted by molar-refractivity contribution is 6.02. The number of hydrogen-bond acceptors (Lipinski definition) is 3. The number of Topliss-reactive ketones (excluding diaryl/α,β-unsaturated/α-hetero) is 2. The molecule has 4 aliphatic rings. The zero-order valence-electron chi connectivity index (χ0n) is 9.62. The molecule has 5 atom stereocenters. The molecule has 0 heterocycles. The quantitative estimate of drug-likeness (QED) is 0.620. The zero-order chi connectivity index (χ0) is 11.7. The average Bonchev–Trinajstić information content (AvgIpc) is 2.46. The molecule has 3 nitrogen and oxygen atoms in total. The summed E-state index contributed by atoms with van der Waals surface area (Å²) < 4.78 is 0. The Morgan fingerprint density at radius 1 is 1.31 bits per heavy atom. The standard InChI is InChI=1S/C13H15NO2/c1-12-3-7(6-14)10-8(4-12)9(15)5-13(10,2)11(12)16/h7-8,10H,3-5H2,1-2H3/t7-,8-,10-,12+,13-/m1/s1. The number of carbonyl (C=O) groups excluding carboxylic acids is 2. The summed E-state index contributed by atoms with van der Waals surface area (Å²) in [6.07, 6.45) is 1.71. The van der Waals surface area contributed by atoms with Gasteiger partial charge in [0.2, 0.25) is 0 Å². The number of hydrogen-bond donors (Lipinski definition) is 0. The summed E-state index contributed by atoms with van der Waals surface area (Å²) in [5.41, 5.74) is -0.950. The van der Waals surface area contributed by atoms with E-state index in [0.717, 1.165) is 0 Å². The maximum Gasteiger partial charge on any atom is 0.145 e. The van der Waals surface area contributed by atoms with E-state index in [-0.39, 0.29) is 29.3 Å². The smallest absolute Gasteiger partial charge is 0.145 e. The summed E-state index contributed by atoms with van der Waals surface area (Å²) in [5, 5.41) is 9.21. The van der Waals surface area contributed by atoms with Crippen molar-refractivity contribution in [1.82, 2.24) is 0 Å². The number of nitriles is 1. The number of nitrogens with zero attached hydrogens (tertiary/aromatic N) is 1. The maximum absolute atomic E-state index is 12.4. The summed E-state index contributed by atoms with van der Waals surface area (Å²) in [5.74, 6) is 0.325. The minimum atomic E-state index is -0.534. The molecule has 0 spiro atoms. The second-order valence-electron chi connectivity index (χ2n) is 6.23. The number of carbonyl (C=O) groups is 2. The Labute approximate surface area is 94.8 Å². The van der Waals surface area contributed by atoms with Crippen LogP contribution in [-0.4, -0.2) is 11.6 Å². The van der Waals surface area contributed by atoms with E-state index in [1.165, 1.54) is 0 Å². The van der Waals surface area contributed by atoms with Gasteiger partial charge in [0.15, 0.2) is 0 Å². The molecule has 3 heteroatoms. The molecule has 4 aliphatic carbocycles. The molecule has 0 aromatic carbocycles. The molecule has 16 heavy (non-hydrogen) atoms. The highest BCUT2D eigenvalue weighted by Gasteiger charge is 2.69. The van der Waals surface area contributed by atoms with E-state index in [9.17, 15) is 14.9 Å². The number of ketones is 2. The van der Waals surface area contributed by atoms with Crippen LogP contribution in [0.5, 0.6) is 0 Å². The topological polar surface area (TPSA) is 57.9 Å². The van der Waals surface area contributed by atoms with Gasteiger partial charge in [-0.25, -0.2) is 0 Å². The molecule has 84 valence electrons. The maximum atomic E-state index is 12.4. The van der Waals surface area contributed by atoms with Crippen LogP contribution in [0.1, 0.15) is 33.1 Å². The van der Waals surface area contributed by atoms with Crippen LogP contribution in [0.4, 0.5) is 0 Å². The van der Waals surface area contributed by atoms with E-state index >= 15 is 0 Å². The molecular formula is C13H15NO2. The van der Waals surface area contributed by atoms with Crippen LogP contribution in [0.2, 0.25) is 0 Å².